The van der Waals surface area contributed by atoms with E-state index in [-0.39, 0.29) is 0 Å². The lowest BCUT2D eigenvalue weighted by Gasteiger charge is -1.94. The van der Waals surface area contributed by atoms with Gasteiger partial charge in [-0.25, -0.2) is 0 Å². The van der Waals surface area contributed by atoms with E-state index in [4.69, 9.17) is 5.41 Å². The van der Waals surface area contributed by atoms with Gasteiger partial charge >= 0.3 is 0 Å². The second-order valence-corrected chi connectivity index (χ2v) is 1.64. The summed E-state index contributed by atoms with van der Waals surface area (Å²) in [4.78, 5) is 2.74. The fourth-order valence-corrected chi connectivity index (χ4v) is 0.567. The van der Waals surface area contributed by atoms with Gasteiger partial charge in [0, 0.05) is 18.8 Å². The molecule has 47 valence electrons. The van der Waals surface area contributed by atoms with Crippen LogP contribution in [0.15, 0.2) is 12.3 Å². The molecule has 0 atom stereocenters. The van der Waals surface area contributed by atoms with Gasteiger partial charge in [-0.15, -0.1) is 0 Å². The predicted octanol–water partition coefficient (Wildman–Crippen LogP) is 0.360. The van der Waals surface area contributed by atoms with E-state index < -0.39 is 0 Å². The van der Waals surface area contributed by atoms with Gasteiger partial charge in [0.25, 0.3) is 0 Å². The van der Waals surface area contributed by atoms with Gasteiger partial charge < -0.3 is 10.3 Å². The maximum Gasteiger partial charge on any atom is 0.127 e. The molecule has 1 rings (SSSR count). The minimum Gasteiger partial charge on any atom is -0.373 e. The molecule has 1 aromatic heterocycles. The van der Waals surface area contributed by atoms with E-state index in [1.54, 1.807) is 19.3 Å². The van der Waals surface area contributed by atoms with Gasteiger partial charge in [-0.05, 0) is 6.07 Å². The molecule has 0 aliphatic carbocycles. The van der Waals surface area contributed by atoms with Crippen molar-refractivity contribution < 1.29 is 0 Å². The molecule has 0 fully saturated rings. The summed E-state index contributed by atoms with van der Waals surface area (Å²) in [5.74, 6) is 0.385. The lowest BCUT2D eigenvalue weighted by atomic mass is 10.3. The van der Waals surface area contributed by atoms with Gasteiger partial charge in [-0.1, -0.05) is 0 Å². The van der Waals surface area contributed by atoms with Crippen molar-refractivity contribution in [1.82, 2.24) is 10.3 Å². The van der Waals surface area contributed by atoms with E-state index in [9.17, 15) is 0 Å². The zero-order chi connectivity index (χ0) is 6.69. The predicted molar refractivity (Wildman–Crippen MR) is 35.5 cm³/mol. The van der Waals surface area contributed by atoms with Gasteiger partial charge in [-0.2, -0.15) is 0 Å². The Morgan fingerprint density at radius 3 is 3.11 bits per heavy atom. The molecule has 0 aliphatic heterocycles. The summed E-state index contributed by atoms with van der Waals surface area (Å²) < 4.78 is 0. The van der Waals surface area contributed by atoms with Crippen LogP contribution in [0.2, 0.25) is 0 Å². The Kier molecular flexibility index (Phi) is 1.53. The Labute approximate surface area is 53.6 Å². The zero-order valence-corrected chi connectivity index (χ0v) is 5.15. The van der Waals surface area contributed by atoms with Crippen LogP contribution in [-0.4, -0.2) is 17.9 Å². The first-order chi connectivity index (χ1) is 4.34. The summed E-state index contributed by atoms with van der Waals surface area (Å²) in [5.41, 5.74) is 0.762. The van der Waals surface area contributed by atoms with Crippen molar-refractivity contribution in [3.05, 3.63) is 24.0 Å². The molecule has 0 aliphatic rings. The molecule has 1 aromatic rings. The highest BCUT2D eigenvalue weighted by Crippen LogP contribution is 1.92. The van der Waals surface area contributed by atoms with Crippen molar-refractivity contribution in [2.24, 2.45) is 0 Å². The molecule has 0 bridgehead atoms. The van der Waals surface area contributed by atoms with E-state index >= 15 is 0 Å². The second kappa shape index (κ2) is 2.35. The van der Waals surface area contributed by atoms with Crippen molar-refractivity contribution in [1.29, 1.82) is 5.41 Å². The molecule has 0 aromatic carbocycles. The first kappa shape index (κ1) is 5.88. The molecule has 0 spiro atoms. The third-order valence-electron chi connectivity index (χ3n) is 1.06. The first-order valence-corrected chi connectivity index (χ1v) is 2.66. The molecule has 3 heteroatoms. The van der Waals surface area contributed by atoms with Gasteiger partial charge in [0.15, 0.2) is 0 Å². The lowest BCUT2D eigenvalue weighted by molar-refractivity contribution is 1.14. The number of nitrogens with one attached hydrogen (secondary N) is 3. The van der Waals surface area contributed by atoms with E-state index in [0.717, 1.165) is 5.56 Å². The van der Waals surface area contributed by atoms with Crippen LogP contribution in [0.4, 0.5) is 0 Å². The number of hydrogen-bond acceptors (Lipinski definition) is 1. The molecular formula is C6H8N3. The highest BCUT2D eigenvalue weighted by molar-refractivity contribution is 5.95. The normalized spacial score (nSPS) is 9.00. The molecule has 0 unspecified atom stereocenters. The average Bonchev–Trinajstić information content (AvgIpc) is 2.37. The minimum atomic E-state index is 0.385. The molecule has 1 heterocycles. The lowest BCUT2D eigenvalue weighted by Crippen LogP contribution is -2.16. The van der Waals surface area contributed by atoms with Crippen LogP contribution in [0.5, 0.6) is 0 Å². The maximum atomic E-state index is 7.23. The maximum absolute atomic E-state index is 7.23. The van der Waals surface area contributed by atoms with Crippen LogP contribution in [0.3, 0.4) is 0 Å². The fourth-order valence-electron chi connectivity index (χ4n) is 0.567. The molecule has 0 saturated carbocycles. The van der Waals surface area contributed by atoms with E-state index in [1.165, 1.54) is 0 Å². The summed E-state index contributed by atoms with van der Waals surface area (Å²) >= 11 is 0. The minimum absolute atomic E-state index is 0.385. The standard InChI is InChI=1S/C6H8N3/c1-8-6(7)5-2-3-9-4-5/h2-3,9H,1H3,(H2,7,8). The first-order valence-electron chi connectivity index (χ1n) is 2.66. The Balaban J connectivity index is 2.77. The Bertz CT molecular complexity index is 188. The summed E-state index contributed by atoms with van der Waals surface area (Å²) in [7, 11) is 1.71. The van der Waals surface area contributed by atoms with Crippen molar-refractivity contribution in [2.75, 3.05) is 7.05 Å². The highest BCUT2D eigenvalue weighted by Gasteiger charge is 1.95. The molecule has 0 amide bonds. The number of aromatic nitrogens is 1. The van der Waals surface area contributed by atoms with Gasteiger partial charge in [-0.3, -0.25) is 5.41 Å². The summed E-state index contributed by atoms with van der Waals surface area (Å²) in [6.07, 6.45) is 4.51. The SMILES string of the molecule is CNC(=N)c1[c][nH]cc1. The van der Waals surface area contributed by atoms with E-state index in [0.29, 0.717) is 5.84 Å². The second-order valence-electron chi connectivity index (χ2n) is 1.64. The van der Waals surface area contributed by atoms with Crippen LogP contribution in [0.1, 0.15) is 5.56 Å². The molecule has 3 nitrogen and oxygen atoms in total. The van der Waals surface area contributed by atoms with E-state index in [2.05, 4.69) is 16.5 Å². The molecule has 9 heavy (non-hydrogen) atoms. The zero-order valence-electron chi connectivity index (χ0n) is 5.15. The smallest absolute Gasteiger partial charge is 0.127 e. The Hall–Kier alpha value is -1.25. The summed E-state index contributed by atoms with van der Waals surface area (Å²) in [6.45, 7) is 0. The van der Waals surface area contributed by atoms with Crippen LogP contribution >= 0.6 is 0 Å². The van der Waals surface area contributed by atoms with Crippen molar-refractivity contribution in [2.45, 2.75) is 0 Å². The summed E-state index contributed by atoms with van der Waals surface area (Å²) in [6, 6.07) is 1.79. The van der Waals surface area contributed by atoms with Gasteiger partial charge in [0.1, 0.15) is 5.84 Å². The topological polar surface area (TPSA) is 51.7 Å². The number of aromatic amines is 1. The van der Waals surface area contributed by atoms with Crippen LogP contribution < -0.4 is 5.32 Å². The Morgan fingerprint density at radius 2 is 2.67 bits per heavy atom. The number of amidine groups is 1. The van der Waals surface area contributed by atoms with Crippen LogP contribution in [0.25, 0.3) is 0 Å². The third kappa shape index (κ3) is 1.10. The van der Waals surface area contributed by atoms with Crippen molar-refractivity contribution in [3.63, 3.8) is 0 Å². The highest BCUT2D eigenvalue weighted by atomic mass is 14.9. The van der Waals surface area contributed by atoms with Gasteiger partial charge in [0.05, 0.1) is 6.20 Å². The monoisotopic (exact) mass is 122 g/mol. The third-order valence-corrected chi connectivity index (χ3v) is 1.06. The van der Waals surface area contributed by atoms with Crippen molar-refractivity contribution in [3.8, 4) is 0 Å². The molecule has 1 radical (unpaired) electrons. The Morgan fingerprint density at radius 1 is 1.89 bits per heavy atom. The number of H-pyrrole nitrogens is 1. The van der Waals surface area contributed by atoms with Crippen LogP contribution in [0, 0.1) is 11.6 Å². The molecular weight excluding hydrogens is 114 g/mol. The molecule has 3 N–H and O–H groups in total. The van der Waals surface area contributed by atoms with Crippen LogP contribution in [-0.2, 0) is 0 Å². The van der Waals surface area contributed by atoms with Gasteiger partial charge in [0.2, 0.25) is 0 Å². The largest absolute Gasteiger partial charge is 0.373 e. The molecule has 0 saturated heterocycles. The number of hydrogen-bond donors (Lipinski definition) is 3. The average molecular weight is 122 g/mol. The quantitative estimate of drug-likeness (QED) is 0.365. The number of rotatable bonds is 1. The summed E-state index contributed by atoms with van der Waals surface area (Å²) in [5, 5.41) is 9.93. The fraction of sp³-hybridized carbons (Fsp3) is 0.167. The van der Waals surface area contributed by atoms with E-state index in [1.807, 2.05) is 0 Å². The van der Waals surface area contributed by atoms with Crippen molar-refractivity contribution >= 4 is 5.84 Å².